The van der Waals surface area contributed by atoms with Crippen molar-refractivity contribution in [1.29, 1.82) is 0 Å². The molecule has 1 atom stereocenters. The van der Waals surface area contributed by atoms with Gasteiger partial charge in [-0.25, -0.2) is 0 Å². The normalized spacial score (nSPS) is 13.8. The minimum Gasteiger partial charge on any atom is -0.406 e. The average Bonchev–Trinajstić information content (AvgIpc) is 2.26. The van der Waals surface area contributed by atoms with Crippen LogP contribution in [0, 0.1) is 11.3 Å². The molecule has 0 spiro atoms. The van der Waals surface area contributed by atoms with Gasteiger partial charge in [-0.2, -0.15) is 0 Å². The fourth-order valence-corrected chi connectivity index (χ4v) is 2.68. The van der Waals surface area contributed by atoms with E-state index < -0.39 is 12.1 Å². The van der Waals surface area contributed by atoms with Crippen LogP contribution in [-0.2, 0) is 0 Å². The summed E-state index contributed by atoms with van der Waals surface area (Å²) < 4.78 is 40.5. The number of alkyl halides is 3. The van der Waals surface area contributed by atoms with Gasteiger partial charge in [0.05, 0.1) is 5.02 Å². The number of carbonyl (C=O) groups excluding carboxylic acids is 1. The zero-order chi connectivity index (χ0) is 17.1. The maximum absolute atomic E-state index is 12.3. The third-order valence-corrected chi connectivity index (χ3v) is 3.30. The van der Waals surface area contributed by atoms with Crippen molar-refractivity contribution in [2.45, 2.75) is 46.9 Å². The van der Waals surface area contributed by atoms with E-state index in [1.165, 1.54) is 6.07 Å². The van der Waals surface area contributed by atoms with Crippen molar-refractivity contribution < 1.29 is 22.7 Å². The summed E-state index contributed by atoms with van der Waals surface area (Å²) in [6, 6.07) is 3.37. The molecule has 1 rings (SSSR count). The van der Waals surface area contributed by atoms with Crippen LogP contribution >= 0.6 is 11.6 Å². The summed E-state index contributed by atoms with van der Waals surface area (Å²) in [5.74, 6) is -0.617. The third kappa shape index (κ3) is 6.69. The van der Waals surface area contributed by atoms with Gasteiger partial charge in [-0.05, 0) is 36.0 Å². The maximum Gasteiger partial charge on any atom is 0.573 e. The molecule has 0 heterocycles. The van der Waals surface area contributed by atoms with Gasteiger partial charge in [0, 0.05) is 12.0 Å². The number of Topliss-reactive ketones (excluding diaryl/α,β-unsaturated/α-hetero) is 1. The van der Waals surface area contributed by atoms with E-state index in [-0.39, 0.29) is 34.1 Å². The molecular formula is C16H20ClF3O2. The molecule has 6 heteroatoms. The van der Waals surface area contributed by atoms with Gasteiger partial charge in [0.1, 0.15) is 5.75 Å². The van der Waals surface area contributed by atoms with Crippen LogP contribution in [0.25, 0.3) is 0 Å². The maximum atomic E-state index is 12.3. The highest BCUT2D eigenvalue weighted by atomic mass is 35.5. The summed E-state index contributed by atoms with van der Waals surface area (Å²) >= 11 is 5.92. The standard InChI is InChI=1S/C16H20ClF3O2/c1-10(9-15(2,3)4)7-14(21)12-8-11(5-6-13(12)17)22-16(18,19)20/h5-6,8,10H,7,9H2,1-4H3. The first-order valence-electron chi connectivity index (χ1n) is 6.96. The van der Waals surface area contributed by atoms with Gasteiger partial charge in [0.25, 0.3) is 0 Å². The van der Waals surface area contributed by atoms with E-state index >= 15 is 0 Å². The second kappa shape index (κ2) is 6.90. The Labute approximate surface area is 133 Å². The first-order chi connectivity index (χ1) is 9.87. The molecule has 1 aromatic rings. The zero-order valence-electron chi connectivity index (χ0n) is 13.1. The second-order valence-electron chi connectivity index (χ2n) is 6.69. The van der Waals surface area contributed by atoms with E-state index in [0.29, 0.717) is 0 Å². The summed E-state index contributed by atoms with van der Waals surface area (Å²) in [6.45, 7) is 8.14. The SMILES string of the molecule is CC(CC(=O)c1cc(OC(F)(F)F)ccc1Cl)CC(C)(C)C. The molecule has 124 valence electrons. The number of rotatable bonds is 5. The van der Waals surface area contributed by atoms with Gasteiger partial charge in [-0.15, -0.1) is 13.2 Å². The fraction of sp³-hybridized carbons (Fsp3) is 0.562. The minimum atomic E-state index is -4.80. The molecule has 0 amide bonds. The van der Waals surface area contributed by atoms with Gasteiger partial charge >= 0.3 is 6.36 Å². The number of benzene rings is 1. The molecule has 22 heavy (non-hydrogen) atoms. The van der Waals surface area contributed by atoms with Crippen LogP contribution in [0.3, 0.4) is 0 Å². The Balaban J connectivity index is 2.86. The lowest BCUT2D eigenvalue weighted by Crippen LogP contribution is -2.18. The van der Waals surface area contributed by atoms with E-state index in [0.717, 1.165) is 18.6 Å². The van der Waals surface area contributed by atoms with Crippen LogP contribution in [0.1, 0.15) is 50.9 Å². The Morgan fingerprint density at radius 3 is 2.36 bits per heavy atom. The highest BCUT2D eigenvalue weighted by Crippen LogP contribution is 2.30. The van der Waals surface area contributed by atoms with Crippen LogP contribution < -0.4 is 4.74 Å². The number of halogens is 4. The summed E-state index contributed by atoms with van der Waals surface area (Å²) in [4.78, 5) is 12.3. The van der Waals surface area contributed by atoms with E-state index in [4.69, 9.17) is 11.6 Å². The number of hydrogen-bond donors (Lipinski definition) is 0. The van der Waals surface area contributed by atoms with Crippen molar-refractivity contribution in [2.24, 2.45) is 11.3 Å². The molecule has 2 nitrogen and oxygen atoms in total. The molecule has 0 aromatic heterocycles. The van der Waals surface area contributed by atoms with Gasteiger partial charge in [0.15, 0.2) is 5.78 Å². The Kier molecular flexibility index (Phi) is 5.90. The molecule has 1 aromatic carbocycles. The molecule has 0 fully saturated rings. The van der Waals surface area contributed by atoms with Crippen molar-refractivity contribution in [1.82, 2.24) is 0 Å². The highest BCUT2D eigenvalue weighted by molar-refractivity contribution is 6.34. The van der Waals surface area contributed by atoms with Gasteiger partial charge in [-0.1, -0.05) is 39.3 Å². The molecule has 0 saturated carbocycles. The topological polar surface area (TPSA) is 26.3 Å². The largest absolute Gasteiger partial charge is 0.573 e. The van der Waals surface area contributed by atoms with E-state index in [1.54, 1.807) is 0 Å². The van der Waals surface area contributed by atoms with Crippen LogP contribution in [0.15, 0.2) is 18.2 Å². The Morgan fingerprint density at radius 1 is 1.27 bits per heavy atom. The lowest BCUT2D eigenvalue weighted by atomic mass is 9.83. The molecule has 0 aliphatic heterocycles. The summed E-state index contributed by atoms with van der Waals surface area (Å²) in [5, 5.41) is 0.127. The molecule has 0 radical (unpaired) electrons. The van der Waals surface area contributed by atoms with Crippen LogP contribution in [0.2, 0.25) is 5.02 Å². The van der Waals surface area contributed by atoms with Crippen molar-refractivity contribution >= 4 is 17.4 Å². The zero-order valence-corrected chi connectivity index (χ0v) is 13.8. The summed E-state index contributed by atoms with van der Waals surface area (Å²) in [7, 11) is 0. The molecule has 0 N–H and O–H groups in total. The second-order valence-corrected chi connectivity index (χ2v) is 7.09. The third-order valence-electron chi connectivity index (χ3n) is 2.97. The number of ether oxygens (including phenoxy) is 1. The average molecular weight is 337 g/mol. The summed E-state index contributed by atoms with van der Waals surface area (Å²) in [6.07, 6.45) is -3.74. The lowest BCUT2D eigenvalue weighted by molar-refractivity contribution is -0.274. The van der Waals surface area contributed by atoms with E-state index in [2.05, 4.69) is 25.5 Å². The van der Waals surface area contributed by atoms with Crippen molar-refractivity contribution in [3.8, 4) is 5.75 Å². The molecule has 1 unspecified atom stereocenters. The highest BCUT2D eigenvalue weighted by Gasteiger charge is 2.31. The monoisotopic (exact) mass is 336 g/mol. The fourth-order valence-electron chi connectivity index (χ4n) is 2.46. The summed E-state index contributed by atoms with van der Waals surface area (Å²) in [5.41, 5.74) is 0.134. The van der Waals surface area contributed by atoms with Crippen LogP contribution in [0.4, 0.5) is 13.2 Å². The quantitative estimate of drug-likeness (QED) is 0.627. The Hall–Kier alpha value is -1.23. The Bertz CT molecular complexity index is 533. The first kappa shape index (κ1) is 18.8. The predicted molar refractivity (Wildman–Crippen MR) is 80.3 cm³/mol. The molecule has 0 aliphatic rings. The Morgan fingerprint density at radius 2 is 1.86 bits per heavy atom. The van der Waals surface area contributed by atoms with Crippen molar-refractivity contribution in [3.05, 3.63) is 28.8 Å². The number of hydrogen-bond acceptors (Lipinski definition) is 2. The predicted octanol–water partition coefficient (Wildman–Crippen LogP) is 5.88. The number of ketones is 1. The molecule has 0 aliphatic carbocycles. The minimum absolute atomic E-state index is 0.0594. The van der Waals surface area contributed by atoms with Crippen LogP contribution in [-0.4, -0.2) is 12.1 Å². The van der Waals surface area contributed by atoms with Gasteiger partial charge in [0.2, 0.25) is 0 Å². The van der Waals surface area contributed by atoms with E-state index in [1.807, 2.05) is 6.92 Å². The lowest BCUT2D eigenvalue weighted by Gasteiger charge is -2.22. The molecule has 0 saturated heterocycles. The van der Waals surface area contributed by atoms with Crippen molar-refractivity contribution in [2.75, 3.05) is 0 Å². The number of carbonyl (C=O) groups is 1. The van der Waals surface area contributed by atoms with Gasteiger partial charge in [-0.3, -0.25) is 4.79 Å². The first-order valence-corrected chi connectivity index (χ1v) is 7.34. The van der Waals surface area contributed by atoms with Gasteiger partial charge < -0.3 is 4.74 Å². The smallest absolute Gasteiger partial charge is 0.406 e. The molecule has 0 bridgehead atoms. The van der Waals surface area contributed by atoms with Crippen LogP contribution in [0.5, 0.6) is 5.75 Å². The van der Waals surface area contributed by atoms with Crippen molar-refractivity contribution in [3.63, 3.8) is 0 Å². The molecular weight excluding hydrogens is 317 g/mol. The van der Waals surface area contributed by atoms with E-state index in [9.17, 15) is 18.0 Å².